The third-order valence-electron chi connectivity index (χ3n) is 4.93. The van der Waals surface area contributed by atoms with Crippen LogP contribution >= 0.6 is 0 Å². The predicted molar refractivity (Wildman–Crippen MR) is 140 cm³/mol. The van der Waals surface area contributed by atoms with Crippen LogP contribution in [0.2, 0.25) is 0 Å². The lowest BCUT2D eigenvalue weighted by atomic mass is 10.1. The third-order valence-corrected chi connectivity index (χ3v) is 4.93. The molecule has 7 nitrogen and oxygen atoms in total. The molecule has 0 fully saturated rings. The number of rotatable bonds is 8. The number of nitrogens with one attached hydrogen (secondary N) is 2. The Morgan fingerprint density at radius 1 is 1.05 bits per heavy atom. The molecule has 0 aliphatic heterocycles. The van der Waals surface area contributed by atoms with Crippen molar-refractivity contribution in [2.45, 2.75) is 34.2 Å². The number of ether oxygens (including phenoxy) is 1. The van der Waals surface area contributed by atoms with Gasteiger partial charge in [0, 0.05) is 49.3 Å². The van der Waals surface area contributed by atoms with Gasteiger partial charge in [-0.25, -0.2) is 8.78 Å². The van der Waals surface area contributed by atoms with Crippen molar-refractivity contribution in [2.75, 3.05) is 7.05 Å². The normalized spacial score (nSPS) is 10.9. The molecular weight excluding hydrogens is 478 g/mol. The molecule has 2 amide bonds. The maximum atomic E-state index is 13.4. The van der Waals surface area contributed by atoms with Gasteiger partial charge in [-0.2, -0.15) is 0 Å². The number of allylic oxidation sites excluding steroid dienone is 2. The lowest BCUT2D eigenvalue weighted by Gasteiger charge is -2.13. The SMILES string of the molecule is C/C=C(\C=NC)NC(=O)c1cc(Oc2cccc(C(=O)NCc3cc(F)cc(F)c3)c2C)ccn1.CC. The van der Waals surface area contributed by atoms with Gasteiger partial charge in [0.1, 0.15) is 28.8 Å². The van der Waals surface area contributed by atoms with Crippen molar-refractivity contribution in [2.24, 2.45) is 4.99 Å². The van der Waals surface area contributed by atoms with Crippen molar-refractivity contribution in [3.63, 3.8) is 0 Å². The maximum Gasteiger partial charge on any atom is 0.274 e. The monoisotopic (exact) mass is 508 g/mol. The summed E-state index contributed by atoms with van der Waals surface area (Å²) in [5.41, 5.74) is 1.85. The van der Waals surface area contributed by atoms with Gasteiger partial charge in [0.15, 0.2) is 0 Å². The number of carbonyl (C=O) groups is 2. The Morgan fingerprint density at radius 3 is 2.41 bits per heavy atom. The Kier molecular flexibility index (Phi) is 11.1. The standard InChI is InChI=1S/C26H24F2N4O3.C2H6/c1-4-20(15-29-3)32-26(34)23-13-21(8-9-30-23)35-24-7-5-6-22(16(24)2)25(33)31-14-17-10-18(27)12-19(28)11-17;1-2/h4-13,15H,14H2,1-3H3,(H,31,33)(H,32,34);1-2H3/b20-4+,29-15?;. The van der Waals surface area contributed by atoms with E-state index in [9.17, 15) is 18.4 Å². The number of hydrogen-bond acceptors (Lipinski definition) is 5. The maximum absolute atomic E-state index is 13.4. The number of amides is 2. The Morgan fingerprint density at radius 2 is 1.76 bits per heavy atom. The molecule has 0 aliphatic carbocycles. The number of hydrogen-bond donors (Lipinski definition) is 2. The van der Waals surface area contributed by atoms with Crippen LogP contribution < -0.4 is 15.4 Å². The van der Waals surface area contributed by atoms with Crippen molar-refractivity contribution >= 4 is 18.0 Å². The molecule has 2 N–H and O–H groups in total. The van der Waals surface area contributed by atoms with E-state index >= 15 is 0 Å². The summed E-state index contributed by atoms with van der Waals surface area (Å²) in [6.07, 6.45) is 4.66. The van der Waals surface area contributed by atoms with Crippen LogP contribution in [0.4, 0.5) is 8.78 Å². The average molecular weight is 509 g/mol. The smallest absolute Gasteiger partial charge is 0.274 e. The molecular formula is C28H30F2N4O3. The Labute approximate surface area is 215 Å². The summed E-state index contributed by atoms with van der Waals surface area (Å²) in [5, 5.41) is 5.35. The molecule has 1 aromatic heterocycles. The van der Waals surface area contributed by atoms with E-state index in [1.54, 1.807) is 51.2 Å². The van der Waals surface area contributed by atoms with Crippen LogP contribution in [-0.4, -0.2) is 30.1 Å². The van der Waals surface area contributed by atoms with Gasteiger partial charge in [-0.05, 0) is 49.7 Å². The Bertz CT molecular complexity index is 1290. The van der Waals surface area contributed by atoms with Crippen LogP contribution in [-0.2, 0) is 6.54 Å². The number of halogens is 2. The molecule has 0 saturated heterocycles. The summed E-state index contributed by atoms with van der Waals surface area (Å²) in [7, 11) is 1.60. The van der Waals surface area contributed by atoms with E-state index in [2.05, 4.69) is 20.6 Å². The number of nitrogens with zero attached hydrogens (tertiary/aromatic N) is 2. The van der Waals surface area contributed by atoms with E-state index in [1.165, 1.54) is 18.5 Å². The largest absolute Gasteiger partial charge is 0.457 e. The second-order valence-electron chi connectivity index (χ2n) is 7.45. The van der Waals surface area contributed by atoms with E-state index in [0.717, 1.165) is 18.2 Å². The van der Waals surface area contributed by atoms with Gasteiger partial charge in [0.25, 0.3) is 11.8 Å². The first-order valence-electron chi connectivity index (χ1n) is 11.7. The number of aromatic nitrogens is 1. The molecule has 9 heteroatoms. The number of aliphatic imine (C=N–C) groups is 1. The number of pyridine rings is 1. The summed E-state index contributed by atoms with van der Waals surface area (Å²) < 4.78 is 32.7. The lowest BCUT2D eigenvalue weighted by molar-refractivity contribution is 0.0946. The third kappa shape index (κ3) is 8.34. The zero-order chi connectivity index (χ0) is 27.4. The lowest BCUT2D eigenvalue weighted by Crippen LogP contribution is -2.24. The summed E-state index contributed by atoms with van der Waals surface area (Å²) in [6.45, 7) is 7.44. The molecule has 0 aliphatic rings. The summed E-state index contributed by atoms with van der Waals surface area (Å²) >= 11 is 0. The minimum absolute atomic E-state index is 0.0439. The van der Waals surface area contributed by atoms with Gasteiger partial charge in [-0.15, -0.1) is 0 Å². The fraction of sp³-hybridized carbons (Fsp3) is 0.214. The molecule has 3 aromatic rings. The highest BCUT2D eigenvalue weighted by atomic mass is 19.1. The van der Waals surface area contributed by atoms with Crippen molar-refractivity contribution in [1.29, 1.82) is 0 Å². The number of benzene rings is 2. The van der Waals surface area contributed by atoms with Gasteiger partial charge in [-0.3, -0.25) is 19.6 Å². The first-order valence-corrected chi connectivity index (χ1v) is 11.7. The average Bonchev–Trinajstić information content (AvgIpc) is 2.89. The first-order chi connectivity index (χ1) is 17.8. The van der Waals surface area contributed by atoms with Gasteiger partial charge >= 0.3 is 0 Å². The van der Waals surface area contributed by atoms with E-state index in [4.69, 9.17) is 4.74 Å². The topological polar surface area (TPSA) is 92.7 Å². The van der Waals surface area contributed by atoms with Gasteiger partial charge in [0.05, 0.1) is 5.70 Å². The molecule has 3 rings (SSSR count). The minimum atomic E-state index is -0.716. The molecule has 0 unspecified atom stereocenters. The summed E-state index contributed by atoms with van der Waals surface area (Å²) in [4.78, 5) is 33.2. The molecule has 0 spiro atoms. The summed E-state index contributed by atoms with van der Waals surface area (Å²) in [5.74, 6) is -1.53. The van der Waals surface area contributed by atoms with E-state index in [0.29, 0.717) is 33.9 Å². The molecule has 37 heavy (non-hydrogen) atoms. The van der Waals surface area contributed by atoms with Crippen molar-refractivity contribution in [3.8, 4) is 11.5 Å². The summed E-state index contributed by atoms with van der Waals surface area (Å²) in [6, 6.07) is 11.1. The molecule has 0 atom stereocenters. The molecule has 0 saturated carbocycles. The molecule has 0 radical (unpaired) electrons. The molecule has 2 aromatic carbocycles. The zero-order valence-electron chi connectivity index (χ0n) is 21.4. The van der Waals surface area contributed by atoms with E-state index in [-0.39, 0.29) is 12.2 Å². The van der Waals surface area contributed by atoms with Crippen molar-refractivity contribution < 1.29 is 23.1 Å². The van der Waals surface area contributed by atoms with Crippen LogP contribution in [0.3, 0.4) is 0 Å². The molecule has 1 heterocycles. The molecule has 194 valence electrons. The van der Waals surface area contributed by atoms with E-state index in [1.807, 2.05) is 13.8 Å². The highest BCUT2D eigenvalue weighted by Crippen LogP contribution is 2.27. The van der Waals surface area contributed by atoms with E-state index < -0.39 is 23.4 Å². The highest BCUT2D eigenvalue weighted by molar-refractivity contribution is 5.98. The fourth-order valence-electron chi connectivity index (χ4n) is 3.20. The van der Waals surface area contributed by atoms with Crippen LogP contribution in [0.25, 0.3) is 0 Å². The van der Waals surface area contributed by atoms with Crippen LogP contribution in [0.1, 0.15) is 52.7 Å². The van der Waals surface area contributed by atoms with Gasteiger partial charge in [-0.1, -0.05) is 26.0 Å². The minimum Gasteiger partial charge on any atom is -0.457 e. The quantitative estimate of drug-likeness (QED) is 0.379. The fourth-order valence-corrected chi connectivity index (χ4v) is 3.20. The molecule has 0 bridgehead atoms. The number of carbonyl (C=O) groups excluding carboxylic acids is 2. The first kappa shape index (κ1) is 28.8. The second kappa shape index (κ2) is 14.2. The van der Waals surface area contributed by atoms with Crippen molar-refractivity contribution in [1.82, 2.24) is 15.6 Å². The van der Waals surface area contributed by atoms with Crippen LogP contribution in [0.15, 0.2) is 71.5 Å². The second-order valence-corrected chi connectivity index (χ2v) is 7.45. The Hall–Kier alpha value is -4.40. The van der Waals surface area contributed by atoms with Gasteiger partial charge in [0.2, 0.25) is 0 Å². The van der Waals surface area contributed by atoms with Crippen molar-refractivity contribution in [3.05, 3.63) is 101 Å². The van der Waals surface area contributed by atoms with Gasteiger partial charge < -0.3 is 15.4 Å². The van der Waals surface area contributed by atoms with Crippen LogP contribution in [0.5, 0.6) is 11.5 Å². The highest BCUT2D eigenvalue weighted by Gasteiger charge is 2.15. The predicted octanol–water partition coefficient (Wildman–Crippen LogP) is 5.75. The van der Waals surface area contributed by atoms with Crippen LogP contribution in [0, 0.1) is 18.6 Å². The Balaban J connectivity index is 0.00000235. The zero-order valence-corrected chi connectivity index (χ0v) is 21.4.